The molecule has 0 radical (unpaired) electrons. The number of para-hydroxylation sites is 2. The third-order valence-electron chi connectivity index (χ3n) is 3.58. The minimum Gasteiger partial charge on any atom is -0.425 e. The highest BCUT2D eigenvalue weighted by molar-refractivity contribution is 5.84. The molecule has 0 saturated heterocycles. The number of nitrogens with one attached hydrogen (secondary N) is 1. The molecule has 0 saturated carbocycles. The van der Waals surface area contributed by atoms with Gasteiger partial charge in [-0.2, -0.15) is 0 Å². The van der Waals surface area contributed by atoms with Crippen molar-refractivity contribution in [1.82, 2.24) is 0 Å². The van der Waals surface area contributed by atoms with E-state index in [1.165, 1.54) is 0 Å². The van der Waals surface area contributed by atoms with Gasteiger partial charge in [0.25, 0.3) is 0 Å². The number of benzene rings is 2. The predicted molar refractivity (Wildman–Crippen MR) is 94.7 cm³/mol. The molecule has 0 aliphatic heterocycles. The highest BCUT2D eigenvalue weighted by atomic mass is 16.6. The number of anilines is 2. The highest BCUT2D eigenvalue weighted by Crippen LogP contribution is 2.20. The third-order valence-corrected chi connectivity index (χ3v) is 3.58. The van der Waals surface area contributed by atoms with Gasteiger partial charge in [-0.1, -0.05) is 49.7 Å². The molecule has 0 spiro atoms. The molecule has 2 aromatic carbocycles. The topological polar surface area (TPSA) is 41.6 Å². The van der Waals surface area contributed by atoms with E-state index < -0.39 is 6.09 Å². The minimum absolute atomic E-state index is 0.281. The Hall–Kier alpha value is -2.49. The third kappa shape index (κ3) is 5.02. The molecule has 1 atom stereocenters. The first-order valence-electron chi connectivity index (χ1n) is 8.09. The van der Waals surface area contributed by atoms with Gasteiger partial charge >= 0.3 is 6.09 Å². The molecular formula is C19H24N2O2. The fraction of sp³-hybridized carbons (Fsp3) is 0.316. The van der Waals surface area contributed by atoms with E-state index in [2.05, 4.69) is 24.1 Å². The summed E-state index contributed by atoms with van der Waals surface area (Å²) in [6.07, 6.45) is 1.01. The van der Waals surface area contributed by atoms with Crippen LogP contribution in [0, 0.1) is 0 Å². The Bertz CT molecular complexity index is 587. The molecule has 1 N–H and O–H groups in total. The van der Waals surface area contributed by atoms with Crippen LogP contribution in [-0.2, 0) is 4.74 Å². The molecule has 0 aromatic heterocycles. The molecule has 0 fully saturated rings. The SMILES string of the molecule is CCCC(OC(=O)Nc1ccccc1)N(CC)c1ccccc1. The Morgan fingerprint density at radius 3 is 2.22 bits per heavy atom. The highest BCUT2D eigenvalue weighted by Gasteiger charge is 2.21. The van der Waals surface area contributed by atoms with Crippen LogP contribution in [0.3, 0.4) is 0 Å². The number of ether oxygens (including phenoxy) is 1. The van der Waals surface area contributed by atoms with Crippen molar-refractivity contribution in [3.05, 3.63) is 60.7 Å². The maximum atomic E-state index is 12.2. The fourth-order valence-electron chi connectivity index (χ4n) is 2.49. The molecule has 0 aliphatic carbocycles. The van der Waals surface area contributed by atoms with E-state index >= 15 is 0 Å². The average molecular weight is 312 g/mol. The van der Waals surface area contributed by atoms with Gasteiger partial charge in [-0.25, -0.2) is 4.79 Å². The van der Waals surface area contributed by atoms with Crippen LogP contribution in [0.15, 0.2) is 60.7 Å². The second-order valence-electron chi connectivity index (χ2n) is 5.26. The van der Waals surface area contributed by atoms with Gasteiger partial charge in [0.05, 0.1) is 0 Å². The summed E-state index contributed by atoms with van der Waals surface area (Å²) < 4.78 is 5.68. The number of rotatable bonds is 7. The molecule has 0 bridgehead atoms. The van der Waals surface area contributed by atoms with Crippen molar-refractivity contribution in [3.8, 4) is 0 Å². The van der Waals surface area contributed by atoms with Crippen molar-refractivity contribution in [2.75, 3.05) is 16.8 Å². The van der Waals surface area contributed by atoms with Gasteiger partial charge in [0, 0.05) is 24.3 Å². The van der Waals surface area contributed by atoms with Crippen molar-refractivity contribution in [2.45, 2.75) is 32.9 Å². The number of hydrogen-bond donors (Lipinski definition) is 1. The first kappa shape index (κ1) is 16.9. The lowest BCUT2D eigenvalue weighted by molar-refractivity contribution is 0.102. The Morgan fingerprint density at radius 1 is 1.04 bits per heavy atom. The van der Waals surface area contributed by atoms with Crippen molar-refractivity contribution in [2.24, 2.45) is 0 Å². The van der Waals surface area contributed by atoms with Crippen LogP contribution in [0.4, 0.5) is 16.2 Å². The zero-order valence-corrected chi connectivity index (χ0v) is 13.7. The summed E-state index contributed by atoms with van der Waals surface area (Å²) in [5.74, 6) is 0. The van der Waals surface area contributed by atoms with Gasteiger partial charge < -0.3 is 9.64 Å². The number of carbonyl (C=O) groups is 1. The van der Waals surface area contributed by atoms with Gasteiger partial charge in [-0.05, 0) is 31.2 Å². The van der Waals surface area contributed by atoms with Crippen LogP contribution < -0.4 is 10.2 Å². The van der Waals surface area contributed by atoms with Crippen molar-refractivity contribution < 1.29 is 9.53 Å². The summed E-state index contributed by atoms with van der Waals surface area (Å²) in [6, 6.07) is 19.4. The monoisotopic (exact) mass is 312 g/mol. The molecule has 4 nitrogen and oxygen atoms in total. The molecule has 122 valence electrons. The number of nitrogens with zero attached hydrogens (tertiary/aromatic N) is 1. The molecule has 0 heterocycles. The van der Waals surface area contributed by atoms with Crippen LogP contribution in [0.25, 0.3) is 0 Å². The maximum Gasteiger partial charge on any atom is 0.413 e. The first-order valence-corrected chi connectivity index (χ1v) is 8.09. The number of hydrogen-bond acceptors (Lipinski definition) is 3. The predicted octanol–water partition coefficient (Wildman–Crippen LogP) is 4.89. The summed E-state index contributed by atoms with van der Waals surface area (Å²) >= 11 is 0. The minimum atomic E-state index is -0.427. The molecular weight excluding hydrogens is 288 g/mol. The zero-order chi connectivity index (χ0) is 16.5. The Labute approximate surface area is 138 Å². The van der Waals surface area contributed by atoms with Gasteiger partial charge in [0.15, 0.2) is 6.23 Å². The van der Waals surface area contributed by atoms with E-state index in [-0.39, 0.29) is 6.23 Å². The second kappa shape index (κ2) is 8.83. The Balaban J connectivity index is 2.06. The van der Waals surface area contributed by atoms with Gasteiger partial charge in [-0.3, -0.25) is 5.32 Å². The lowest BCUT2D eigenvalue weighted by atomic mass is 10.2. The molecule has 2 aromatic rings. The largest absolute Gasteiger partial charge is 0.425 e. The normalized spacial score (nSPS) is 11.6. The summed E-state index contributed by atoms with van der Waals surface area (Å²) in [6.45, 7) is 4.92. The lowest BCUT2D eigenvalue weighted by Crippen LogP contribution is -2.39. The van der Waals surface area contributed by atoms with E-state index in [4.69, 9.17) is 4.74 Å². The fourth-order valence-corrected chi connectivity index (χ4v) is 2.49. The van der Waals surface area contributed by atoms with Crippen LogP contribution in [-0.4, -0.2) is 18.9 Å². The zero-order valence-electron chi connectivity index (χ0n) is 13.7. The van der Waals surface area contributed by atoms with E-state index in [1.807, 2.05) is 60.7 Å². The molecule has 4 heteroatoms. The number of carbonyl (C=O) groups excluding carboxylic acids is 1. The van der Waals surface area contributed by atoms with E-state index in [1.54, 1.807) is 0 Å². The van der Waals surface area contributed by atoms with E-state index in [9.17, 15) is 4.79 Å². The summed E-state index contributed by atoms with van der Waals surface area (Å²) in [5.41, 5.74) is 1.79. The summed E-state index contributed by atoms with van der Waals surface area (Å²) in [7, 11) is 0. The molecule has 2 rings (SSSR count). The van der Waals surface area contributed by atoms with Crippen LogP contribution >= 0.6 is 0 Å². The van der Waals surface area contributed by atoms with E-state index in [0.717, 1.165) is 30.8 Å². The molecule has 1 amide bonds. The average Bonchev–Trinajstić information content (AvgIpc) is 2.57. The van der Waals surface area contributed by atoms with Crippen LogP contribution in [0.1, 0.15) is 26.7 Å². The van der Waals surface area contributed by atoms with Gasteiger partial charge in [0.2, 0.25) is 0 Å². The Morgan fingerprint density at radius 2 is 1.65 bits per heavy atom. The molecule has 0 aliphatic rings. The van der Waals surface area contributed by atoms with Crippen molar-refractivity contribution in [1.29, 1.82) is 0 Å². The lowest BCUT2D eigenvalue weighted by Gasteiger charge is -2.32. The van der Waals surface area contributed by atoms with Crippen molar-refractivity contribution >= 4 is 17.5 Å². The van der Waals surface area contributed by atoms with E-state index in [0.29, 0.717) is 0 Å². The summed E-state index contributed by atoms with van der Waals surface area (Å²) in [4.78, 5) is 14.3. The van der Waals surface area contributed by atoms with Gasteiger partial charge in [0.1, 0.15) is 0 Å². The summed E-state index contributed by atoms with van der Waals surface area (Å²) in [5, 5.41) is 2.77. The molecule has 23 heavy (non-hydrogen) atoms. The van der Waals surface area contributed by atoms with Crippen molar-refractivity contribution in [3.63, 3.8) is 0 Å². The number of amides is 1. The Kier molecular flexibility index (Phi) is 6.48. The standard InChI is InChI=1S/C19H24N2O2/c1-3-11-18(21(4-2)17-14-9-6-10-15-17)23-19(22)20-16-12-7-5-8-13-16/h5-10,12-15,18H,3-4,11H2,1-2H3,(H,20,22). The molecule has 1 unspecified atom stereocenters. The van der Waals surface area contributed by atoms with Gasteiger partial charge in [-0.15, -0.1) is 0 Å². The maximum absolute atomic E-state index is 12.2. The van der Waals surface area contributed by atoms with Crippen LogP contribution in [0.5, 0.6) is 0 Å². The van der Waals surface area contributed by atoms with Crippen LogP contribution in [0.2, 0.25) is 0 Å². The first-order chi connectivity index (χ1) is 11.2. The smallest absolute Gasteiger partial charge is 0.413 e. The second-order valence-corrected chi connectivity index (χ2v) is 5.26. The quantitative estimate of drug-likeness (QED) is 0.740.